The monoisotopic (exact) mass is 317 g/mol. The average molecular weight is 317 g/mol. The van der Waals surface area contributed by atoms with Crippen molar-refractivity contribution in [2.45, 2.75) is 32.5 Å². The molecule has 23 heavy (non-hydrogen) atoms. The summed E-state index contributed by atoms with van der Waals surface area (Å²) in [5.41, 5.74) is 0.384. The fourth-order valence-corrected chi connectivity index (χ4v) is 2.99. The van der Waals surface area contributed by atoms with Gasteiger partial charge in [0.2, 0.25) is 0 Å². The molecule has 1 atom stereocenters. The van der Waals surface area contributed by atoms with E-state index in [1.54, 1.807) is 29.3 Å². The highest BCUT2D eigenvalue weighted by atomic mass is 19.1. The minimum absolute atomic E-state index is 0.0238. The van der Waals surface area contributed by atoms with Gasteiger partial charge in [-0.1, -0.05) is 12.1 Å². The van der Waals surface area contributed by atoms with E-state index in [0.717, 1.165) is 0 Å². The van der Waals surface area contributed by atoms with Gasteiger partial charge in [0.25, 0.3) is 5.91 Å². The zero-order valence-electron chi connectivity index (χ0n) is 13.5. The van der Waals surface area contributed by atoms with E-state index < -0.39 is 0 Å². The molecule has 1 unspecified atom stereocenters. The molecule has 5 nitrogen and oxygen atoms in total. The van der Waals surface area contributed by atoms with Gasteiger partial charge < -0.3 is 9.64 Å². The number of carbonyl (C=O) groups is 1. The number of aromatic nitrogens is 2. The third kappa shape index (κ3) is 3.27. The zero-order valence-corrected chi connectivity index (χ0v) is 13.5. The van der Waals surface area contributed by atoms with Crippen LogP contribution in [0.1, 0.15) is 31.1 Å². The normalized spacial score (nSPS) is 20.5. The molecular formula is C17H20FN3O2. The van der Waals surface area contributed by atoms with Gasteiger partial charge in [-0.3, -0.25) is 4.79 Å². The van der Waals surface area contributed by atoms with Crippen LogP contribution in [-0.4, -0.2) is 45.4 Å². The van der Waals surface area contributed by atoms with Crippen LogP contribution in [0.5, 0.6) is 0 Å². The van der Waals surface area contributed by atoms with Crippen molar-refractivity contribution in [3.63, 3.8) is 0 Å². The standard InChI is InChI=1S/C17H20FN3O2/c1-12-9-20(11-17(2,3)23-12)16(22)13-8-19-21(10-13)15-7-5-4-6-14(15)18/h4-8,10,12H,9,11H2,1-3H3. The molecule has 0 bridgehead atoms. The third-order valence-corrected chi connectivity index (χ3v) is 3.79. The Labute approximate surface area is 134 Å². The van der Waals surface area contributed by atoms with Crippen molar-refractivity contribution in [1.82, 2.24) is 14.7 Å². The highest BCUT2D eigenvalue weighted by Crippen LogP contribution is 2.22. The Balaban J connectivity index is 1.83. The maximum absolute atomic E-state index is 13.8. The number of carbonyl (C=O) groups excluding carboxylic acids is 1. The Morgan fingerprint density at radius 3 is 2.83 bits per heavy atom. The molecule has 2 aromatic rings. The predicted molar refractivity (Wildman–Crippen MR) is 84.1 cm³/mol. The Morgan fingerprint density at radius 1 is 1.39 bits per heavy atom. The van der Waals surface area contributed by atoms with Crippen molar-refractivity contribution < 1.29 is 13.9 Å². The summed E-state index contributed by atoms with van der Waals surface area (Å²) in [7, 11) is 0. The first-order valence-corrected chi connectivity index (χ1v) is 7.62. The number of hydrogen-bond donors (Lipinski definition) is 0. The Bertz CT molecular complexity index is 726. The lowest BCUT2D eigenvalue weighted by Gasteiger charge is -2.41. The number of hydrogen-bond acceptors (Lipinski definition) is 3. The summed E-state index contributed by atoms with van der Waals surface area (Å²) in [6, 6.07) is 6.33. The summed E-state index contributed by atoms with van der Waals surface area (Å²) < 4.78 is 21.0. The molecule has 0 aliphatic carbocycles. The lowest BCUT2D eigenvalue weighted by Crippen LogP contribution is -2.53. The Kier molecular flexibility index (Phi) is 3.93. The molecule has 1 aromatic carbocycles. The van der Waals surface area contributed by atoms with Crippen molar-refractivity contribution in [3.05, 3.63) is 48.0 Å². The van der Waals surface area contributed by atoms with Gasteiger partial charge in [0.1, 0.15) is 11.5 Å². The van der Waals surface area contributed by atoms with E-state index in [4.69, 9.17) is 4.74 Å². The van der Waals surface area contributed by atoms with Crippen LogP contribution in [0.3, 0.4) is 0 Å². The van der Waals surface area contributed by atoms with E-state index in [0.29, 0.717) is 24.3 Å². The van der Waals surface area contributed by atoms with Gasteiger partial charge in [0.15, 0.2) is 0 Å². The molecule has 1 saturated heterocycles. The fourth-order valence-electron chi connectivity index (χ4n) is 2.99. The third-order valence-electron chi connectivity index (χ3n) is 3.79. The maximum Gasteiger partial charge on any atom is 0.257 e. The highest BCUT2D eigenvalue weighted by Gasteiger charge is 2.34. The molecule has 1 aliphatic heterocycles. The lowest BCUT2D eigenvalue weighted by atomic mass is 10.0. The minimum Gasteiger partial charge on any atom is -0.369 e. The van der Waals surface area contributed by atoms with Gasteiger partial charge >= 0.3 is 0 Å². The SMILES string of the molecule is CC1CN(C(=O)c2cnn(-c3ccccc3F)c2)CC(C)(C)O1. The van der Waals surface area contributed by atoms with Crippen molar-refractivity contribution in [1.29, 1.82) is 0 Å². The number of benzene rings is 1. The van der Waals surface area contributed by atoms with Crippen LogP contribution in [0, 0.1) is 5.82 Å². The summed E-state index contributed by atoms with van der Waals surface area (Å²) in [5.74, 6) is -0.494. The molecule has 1 aromatic heterocycles. The zero-order chi connectivity index (χ0) is 16.6. The largest absolute Gasteiger partial charge is 0.369 e. The van der Waals surface area contributed by atoms with Gasteiger partial charge in [-0.15, -0.1) is 0 Å². The number of rotatable bonds is 2. The first kappa shape index (κ1) is 15.7. The number of ether oxygens (including phenoxy) is 1. The topological polar surface area (TPSA) is 47.4 Å². The first-order chi connectivity index (χ1) is 10.9. The number of halogens is 1. The molecular weight excluding hydrogens is 297 g/mol. The van der Waals surface area contributed by atoms with Crippen LogP contribution >= 0.6 is 0 Å². The van der Waals surface area contributed by atoms with Gasteiger partial charge in [-0.25, -0.2) is 9.07 Å². The fraction of sp³-hybridized carbons (Fsp3) is 0.412. The second-order valence-electron chi connectivity index (χ2n) is 6.50. The van der Waals surface area contributed by atoms with Crippen LogP contribution in [0.4, 0.5) is 4.39 Å². The molecule has 0 spiro atoms. The quantitative estimate of drug-likeness (QED) is 0.855. The molecule has 0 radical (unpaired) electrons. The molecule has 2 heterocycles. The lowest BCUT2D eigenvalue weighted by molar-refractivity contribution is -0.118. The molecule has 1 aliphatic rings. The Morgan fingerprint density at radius 2 is 2.13 bits per heavy atom. The average Bonchev–Trinajstić information content (AvgIpc) is 2.94. The van der Waals surface area contributed by atoms with Gasteiger partial charge in [-0.05, 0) is 32.9 Å². The van der Waals surface area contributed by atoms with Crippen molar-refractivity contribution in [2.24, 2.45) is 0 Å². The van der Waals surface area contributed by atoms with E-state index in [2.05, 4.69) is 5.10 Å². The summed E-state index contributed by atoms with van der Waals surface area (Å²) >= 11 is 0. The van der Waals surface area contributed by atoms with E-state index in [1.165, 1.54) is 16.9 Å². The molecule has 1 fully saturated rings. The predicted octanol–water partition coefficient (Wildman–Crippen LogP) is 2.65. The summed E-state index contributed by atoms with van der Waals surface area (Å²) in [4.78, 5) is 14.4. The maximum atomic E-state index is 13.8. The van der Waals surface area contributed by atoms with Crippen LogP contribution in [0.15, 0.2) is 36.7 Å². The van der Waals surface area contributed by atoms with Crippen LogP contribution in [0.25, 0.3) is 5.69 Å². The molecule has 6 heteroatoms. The molecule has 122 valence electrons. The highest BCUT2D eigenvalue weighted by molar-refractivity contribution is 5.94. The van der Waals surface area contributed by atoms with Gasteiger partial charge in [-0.2, -0.15) is 5.10 Å². The van der Waals surface area contributed by atoms with Crippen LogP contribution < -0.4 is 0 Å². The smallest absolute Gasteiger partial charge is 0.257 e. The molecule has 0 saturated carbocycles. The van der Waals surface area contributed by atoms with Gasteiger partial charge in [0.05, 0.1) is 23.5 Å². The number of nitrogens with zero attached hydrogens (tertiary/aromatic N) is 3. The van der Waals surface area contributed by atoms with Crippen LogP contribution in [-0.2, 0) is 4.74 Å². The first-order valence-electron chi connectivity index (χ1n) is 7.62. The summed E-state index contributed by atoms with van der Waals surface area (Å²) in [6.07, 6.45) is 3.01. The van der Waals surface area contributed by atoms with E-state index in [9.17, 15) is 9.18 Å². The van der Waals surface area contributed by atoms with E-state index >= 15 is 0 Å². The van der Waals surface area contributed by atoms with Crippen molar-refractivity contribution in [2.75, 3.05) is 13.1 Å². The number of amides is 1. The molecule has 1 amide bonds. The summed E-state index contributed by atoms with van der Waals surface area (Å²) in [5, 5.41) is 4.12. The Hall–Kier alpha value is -2.21. The minimum atomic E-state index is -0.380. The molecule has 0 N–H and O–H groups in total. The second kappa shape index (κ2) is 5.77. The summed E-state index contributed by atoms with van der Waals surface area (Å²) in [6.45, 7) is 6.93. The van der Waals surface area contributed by atoms with Crippen molar-refractivity contribution >= 4 is 5.91 Å². The number of para-hydroxylation sites is 1. The van der Waals surface area contributed by atoms with Gasteiger partial charge in [0, 0.05) is 19.3 Å². The number of morpholine rings is 1. The van der Waals surface area contributed by atoms with E-state index in [-0.39, 0.29) is 23.4 Å². The second-order valence-corrected chi connectivity index (χ2v) is 6.50. The van der Waals surface area contributed by atoms with Crippen LogP contribution in [0.2, 0.25) is 0 Å². The van der Waals surface area contributed by atoms with E-state index in [1.807, 2.05) is 20.8 Å². The molecule has 3 rings (SSSR count). The van der Waals surface area contributed by atoms with Crippen molar-refractivity contribution in [3.8, 4) is 5.69 Å².